The van der Waals surface area contributed by atoms with E-state index < -0.39 is 0 Å². The third-order valence-electron chi connectivity index (χ3n) is 1.66. The Labute approximate surface area is 91.3 Å². The summed E-state index contributed by atoms with van der Waals surface area (Å²) in [6.07, 6.45) is 3.18. The summed E-state index contributed by atoms with van der Waals surface area (Å²) in [6.45, 7) is 0. The second-order valence-electron chi connectivity index (χ2n) is 2.73. The second kappa shape index (κ2) is 4.05. The molecule has 0 saturated carbocycles. The van der Waals surface area contributed by atoms with Gasteiger partial charge in [-0.05, 0) is 30.4 Å². The lowest BCUT2D eigenvalue weighted by Gasteiger charge is -2.02. The quantitative estimate of drug-likeness (QED) is 0.745. The van der Waals surface area contributed by atoms with Crippen molar-refractivity contribution in [1.82, 2.24) is 9.97 Å². The smallest absolute Gasteiger partial charge is 0.229 e. The van der Waals surface area contributed by atoms with Crippen LogP contribution in [0.25, 0.3) is 11.5 Å². The molecule has 0 bridgehead atoms. The molecule has 0 radical (unpaired) electrons. The molecule has 0 aliphatic rings. The molecule has 3 N–H and O–H groups in total. The van der Waals surface area contributed by atoms with Crippen molar-refractivity contribution in [2.45, 2.75) is 0 Å². The van der Waals surface area contributed by atoms with Gasteiger partial charge in [-0.25, -0.2) is 9.97 Å². The van der Waals surface area contributed by atoms with Crippen LogP contribution in [0.2, 0.25) is 0 Å². The molecule has 2 rings (SSSR count). The lowest BCUT2D eigenvalue weighted by Crippen LogP contribution is -2.20. The highest BCUT2D eigenvalue weighted by atomic mass is 32.1. The Kier molecular flexibility index (Phi) is 2.59. The van der Waals surface area contributed by atoms with E-state index in [2.05, 4.69) is 27.5 Å². The van der Waals surface area contributed by atoms with Gasteiger partial charge in [0.2, 0.25) is 5.95 Å². The van der Waals surface area contributed by atoms with Crippen LogP contribution in [-0.4, -0.2) is 15.1 Å². The SMILES string of the molecule is NC(=S)Nc1nccc(-c2ccco2)n1. The van der Waals surface area contributed by atoms with Crippen LogP contribution in [0.1, 0.15) is 0 Å². The minimum Gasteiger partial charge on any atom is -0.463 e. The van der Waals surface area contributed by atoms with E-state index in [-0.39, 0.29) is 5.11 Å². The predicted octanol–water partition coefficient (Wildman–Crippen LogP) is 1.39. The number of furan rings is 1. The first-order valence-corrected chi connectivity index (χ1v) is 4.60. The summed E-state index contributed by atoms with van der Waals surface area (Å²) in [5.74, 6) is 1.03. The number of thiocarbonyl (C=S) groups is 1. The monoisotopic (exact) mass is 220 g/mol. The summed E-state index contributed by atoms with van der Waals surface area (Å²) in [5, 5.41) is 2.78. The van der Waals surface area contributed by atoms with Gasteiger partial charge >= 0.3 is 0 Å². The molecule has 0 saturated heterocycles. The highest BCUT2D eigenvalue weighted by Crippen LogP contribution is 2.17. The molecule has 0 amide bonds. The van der Waals surface area contributed by atoms with Crippen LogP contribution in [0.4, 0.5) is 5.95 Å². The van der Waals surface area contributed by atoms with Crippen molar-refractivity contribution in [1.29, 1.82) is 0 Å². The topological polar surface area (TPSA) is 77.0 Å². The zero-order valence-corrected chi connectivity index (χ0v) is 8.49. The van der Waals surface area contributed by atoms with Gasteiger partial charge in [-0.2, -0.15) is 0 Å². The molecule has 6 heteroatoms. The number of nitrogens with zero attached hydrogens (tertiary/aromatic N) is 2. The third-order valence-corrected chi connectivity index (χ3v) is 1.77. The second-order valence-corrected chi connectivity index (χ2v) is 3.17. The molecule has 0 fully saturated rings. The van der Waals surface area contributed by atoms with E-state index in [1.165, 1.54) is 0 Å². The molecule has 0 aliphatic heterocycles. The Morgan fingerprint density at radius 2 is 2.33 bits per heavy atom. The molecule has 0 spiro atoms. The van der Waals surface area contributed by atoms with E-state index in [1.54, 1.807) is 24.6 Å². The van der Waals surface area contributed by atoms with Gasteiger partial charge in [0.15, 0.2) is 10.9 Å². The van der Waals surface area contributed by atoms with Gasteiger partial charge in [0.1, 0.15) is 5.69 Å². The van der Waals surface area contributed by atoms with Crippen LogP contribution >= 0.6 is 12.2 Å². The average molecular weight is 220 g/mol. The normalized spacial score (nSPS) is 9.87. The summed E-state index contributed by atoms with van der Waals surface area (Å²) in [7, 11) is 0. The maximum Gasteiger partial charge on any atom is 0.229 e. The summed E-state index contributed by atoms with van der Waals surface area (Å²) < 4.78 is 5.20. The van der Waals surface area contributed by atoms with E-state index in [9.17, 15) is 0 Å². The highest BCUT2D eigenvalue weighted by Gasteiger charge is 2.04. The van der Waals surface area contributed by atoms with E-state index in [4.69, 9.17) is 10.2 Å². The van der Waals surface area contributed by atoms with E-state index >= 15 is 0 Å². The largest absolute Gasteiger partial charge is 0.463 e. The maximum absolute atomic E-state index is 5.31. The fourth-order valence-electron chi connectivity index (χ4n) is 1.09. The van der Waals surface area contributed by atoms with Gasteiger partial charge in [0.25, 0.3) is 0 Å². The third kappa shape index (κ3) is 2.29. The van der Waals surface area contributed by atoms with Crippen molar-refractivity contribution in [3.63, 3.8) is 0 Å². The molecule has 0 atom stereocenters. The van der Waals surface area contributed by atoms with Crippen molar-refractivity contribution in [2.24, 2.45) is 5.73 Å². The minimum absolute atomic E-state index is 0.131. The molecule has 15 heavy (non-hydrogen) atoms. The number of hydrogen-bond acceptors (Lipinski definition) is 4. The first-order chi connectivity index (χ1) is 7.25. The summed E-state index contributed by atoms with van der Waals surface area (Å²) >= 11 is 4.68. The zero-order valence-electron chi connectivity index (χ0n) is 7.68. The van der Waals surface area contributed by atoms with Gasteiger partial charge < -0.3 is 15.5 Å². The van der Waals surface area contributed by atoms with Gasteiger partial charge in [0, 0.05) is 6.20 Å². The summed E-state index contributed by atoms with van der Waals surface area (Å²) in [5.41, 5.74) is 5.98. The van der Waals surface area contributed by atoms with Crippen LogP contribution in [0.5, 0.6) is 0 Å². The van der Waals surface area contributed by atoms with Gasteiger partial charge in [-0.3, -0.25) is 0 Å². The van der Waals surface area contributed by atoms with Crippen molar-refractivity contribution in [3.05, 3.63) is 30.7 Å². The Hall–Kier alpha value is -1.95. The number of hydrogen-bond donors (Lipinski definition) is 2. The maximum atomic E-state index is 5.31. The Morgan fingerprint density at radius 1 is 1.47 bits per heavy atom. The highest BCUT2D eigenvalue weighted by molar-refractivity contribution is 7.80. The van der Waals surface area contributed by atoms with E-state index in [0.717, 1.165) is 0 Å². The molecule has 76 valence electrons. The first-order valence-electron chi connectivity index (χ1n) is 4.19. The van der Waals surface area contributed by atoms with Crippen molar-refractivity contribution in [2.75, 3.05) is 5.32 Å². The Bertz CT molecular complexity index is 469. The zero-order chi connectivity index (χ0) is 10.7. The fourth-order valence-corrected chi connectivity index (χ4v) is 1.18. The molecule has 0 aromatic carbocycles. The molecular weight excluding hydrogens is 212 g/mol. The van der Waals surface area contributed by atoms with E-state index in [1.807, 2.05) is 6.07 Å². The van der Waals surface area contributed by atoms with Crippen LogP contribution in [0, 0.1) is 0 Å². The van der Waals surface area contributed by atoms with Gasteiger partial charge in [0.05, 0.1) is 6.26 Å². The van der Waals surface area contributed by atoms with E-state index in [0.29, 0.717) is 17.4 Å². The number of nitrogens with one attached hydrogen (secondary N) is 1. The van der Waals surface area contributed by atoms with Crippen LogP contribution in [0.3, 0.4) is 0 Å². The molecule has 0 unspecified atom stereocenters. The molecule has 5 nitrogen and oxygen atoms in total. The van der Waals surface area contributed by atoms with Crippen molar-refractivity contribution >= 4 is 23.3 Å². The number of rotatable bonds is 2. The Morgan fingerprint density at radius 3 is 3.00 bits per heavy atom. The van der Waals surface area contributed by atoms with Crippen molar-refractivity contribution < 1.29 is 4.42 Å². The predicted molar refractivity (Wildman–Crippen MR) is 60.1 cm³/mol. The van der Waals surface area contributed by atoms with Crippen LogP contribution < -0.4 is 11.1 Å². The number of nitrogens with two attached hydrogens (primary N) is 1. The first kappa shape index (κ1) is 9.60. The average Bonchev–Trinajstić information content (AvgIpc) is 2.69. The number of anilines is 1. The fraction of sp³-hybridized carbons (Fsp3) is 0. The van der Waals surface area contributed by atoms with Gasteiger partial charge in [-0.1, -0.05) is 0 Å². The van der Waals surface area contributed by atoms with Gasteiger partial charge in [-0.15, -0.1) is 0 Å². The minimum atomic E-state index is 0.131. The van der Waals surface area contributed by atoms with Crippen LogP contribution in [0.15, 0.2) is 35.1 Å². The number of aromatic nitrogens is 2. The summed E-state index contributed by atoms with van der Waals surface area (Å²) in [4.78, 5) is 8.13. The lowest BCUT2D eigenvalue weighted by atomic mass is 10.3. The molecule has 2 aromatic rings. The summed E-state index contributed by atoms with van der Waals surface area (Å²) in [6, 6.07) is 5.34. The molecule has 0 aliphatic carbocycles. The van der Waals surface area contributed by atoms with Crippen LogP contribution in [-0.2, 0) is 0 Å². The molecular formula is C9H8N4OS. The lowest BCUT2D eigenvalue weighted by molar-refractivity contribution is 0.580. The van der Waals surface area contributed by atoms with Crippen molar-refractivity contribution in [3.8, 4) is 11.5 Å². The Balaban J connectivity index is 2.31. The molecule has 2 aromatic heterocycles. The molecule has 2 heterocycles. The standard InChI is InChI=1S/C9H8N4OS/c10-8(15)13-9-11-4-3-6(12-9)7-2-1-5-14-7/h1-5H,(H3,10,11,12,13,15).